The van der Waals surface area contributed by atoms with E-state index in [0.29, 0.717) is 20.4 Å². The molecule has 14 heavy (non-hydrogen) atoms. The third kappa shape index (κ3) is 3.62. The fraction of sp³-hybridized carbons (Fsp3) is 1.00. The van der Waals surface area contributed by atoms with Crippen LogP contribution < -0.4 is 5.32 Å². The molecular weight excluding hydrogens is 190 g/mol. The number of hydrogen-bond donors (Lipinski definition) is 1. The van der Waals surface area contributed by atoms with Gasteiger partial charge in [-0.15, -0.1) is 0 Å². The van der Waals surface area contributed by atoms with Crippen molar-refractivity contribution >= 4 is 9.41 Å². The molecule has 1 heterocycles. The van der Waals surface area contributed by atoms with Crippen LogP contribution in [0.15, 0.2) is 0 Å². The van der Waals surface area contributed by atoms with E-state index in [-0.39, 0.29) is 5.60 Å². The Kier molecular flexibility index (Phi) is 3.64. The van der Waals surface area contributed by atoms with Crippen LogP contribution in [0.5, 0.6) is 0 Å². The first-order chi connectivity index (χ1) is 6.31. The van der Waals surface area contributed by atoms with Gasteiger partial charge in [-0.3, -0.25) is 0 Å². The maximum Gasteiger partial charge on any atom is 0.207 e. The van der Waals surface area contributed by atoms with Crippen LogP contribution in [0, 0.1) is 5.92 Å². The summed E-state index contributed by atoms with van der Waals surface area (Å²) in [4.78, 5) is 0. The summed E-state index contributed by atoms with van der Waals surface area (Å²) >= 11 is 0. The van der Waals surface area contributed by atoms with E-state index in [1.54, 1.807) is 0 Å². The van der Waals surface area contributed by atoms with Crippen LogP contribution in [0.3, 0.4) is 0 Å². The van der Waals surface area contributed by atoms with Gasteiger partial charge >= 0.3 is 0 Å². The van der Waals surface area contributed by atoms with Crippen molar-refractivity contribution in [3.05, 3.63) is 0 Å². The molecular formula is C11H23NOSi. The molecule has 1 N–H and O–H groups in total. The van der Waals surface area contributed by atoms with Crippen molar-refractivity contribution in [2.24, 2.45) is 5.92 Å². The summed E-state index contributed by atoms with van der Waals surface area (Å²) in [7, 11) is 0.592. The highest BCUT2D eigenvalue weighted by Crippen LogP contribution is 2.26. The van der Waals surface area contributed by atoms with E-state index in [1.165, 1.54) is 6.42 Å². The number of nitrogens with one attached hydrogen (secondary N) is 1. The molecule has 1 atom stereocenters. The lowest BCUT2D eigenvalue weighted by atomic mass is 9.91. The van der Waals surface area contributed by atoms with Gasteiger partial charge in [0.05, 0.1) is 5.92 Å². The van der Waals surface area contributed by atoms with Crippen molar-refractivity contribution in [3.8, 4) is 0 Å². The molecule has 0 aromatic carbocycles. The van der Waals surface area contributed by atoms with E-state index in [0.717, 1.165) is 13.1 Å². The molecule has 0 aliphatic carbocycles. The van der Waals surface area contributed by atoms with Gasteiger partial charge < -0.3 is 9.41 Å². The minimum absolute atomic E-state index is 0.0369. The quantitative estimate of drug-likeness (QED) is 0.551. The Morgan fingerprint density at radius 3 is 2.29 bits per heavy atom. The van der Waals surface area contributed by atoms with Crippen LogP contribution in [0.1, 0.15) is 41.0 Å². The van der Waals surface area contributed by atoms with Gasteiger partial charge in [-0.1, -0.05) is 25.8 Å². The van der Waals surface area contributed by atoms with Gasteiger partial charge in [-0.05, 0) is 13.0 Å². The van der Waals surface area contributed by atoms with Crippen LogP contribution in [-0.2, 0) is 4.09 Å². The molecule has 1 unspecified atom stereocenters. The molecule has 0 spiro atoms. The Bertz CT molecular complexity index is 212. The van der Waals surface area contributed by atoms with Crippen molar-refractivity contribution in [2.45, 2.75) is 51.7 Å². The second-order valence-corrected chi connectivity index (χ2v) is 7.66. The van der Waals surface area contributed by atoms with Crippen molar-refractivity contribution in [1.82, 2.24) is 5.32 Å². The zero-order valence-electron chi connectivity index (χ0n) is 10.1. The van der Waals surface area contributed by atoms with Gasteiger partial charge in [0.2, 0.25) is 5.60 Å². The van der Waals surface area contributed by atoms with Crippen molar-refractivity contribution in [3.63, 3.8) is 0 Å². The van der Waals surface area contributed by atoms with E-state index < -0.39 is 0 Å². The summed E-state index contributed by atoms with van der Waals surface area (Å²) in [5.41, 5.74) is 0.0369. The first kappa shape index (κ1) is 12.0. The minimum atomic E-state index is 0.0369. The fourth-order valence-electron chi connectivity index (χ4n) is 1.62. The molecule has 0 aromatic rings. The normalized spacial score (nSPS) is 24.8. The molecule has 1 aliphatic heterocycles. The van der Waals surface area contributed by atoms with Gasteiger partial charge in [0.1, 0.15) is 9.41 Å². The monoisotopic (exact) mass is 213 g/mol. The smallest absolute Gasteiger partial charge is 0.207 e. The van der Waals surface area contributed by atoms with E-state index in [2.05, 4.69) is 39.9 Å². The van der Waals surface area contributed by atoms with Gasteiger partial charge in [-0.2, -0.15) is 0 Å². The lowest BCUT2D eigenvalue weighted by molar-refractivity contribution is -0.0907. The lowest BCUT2D eigenvalue weighted by Gasteiger charge is -2.25. The number of rotatable bonds is 2. The van der Waals surface area contributed by atoms with E-state index in [4.69, 9.17) is 4.09 Å². The summed E-state index contributed by atoms with van der Waals surface area (Å²) in [5, 5.41) is 3.69. The summed E-state index contributed by atoms with van der Waals surface area (Å²) in [6.07, 6.45) is 1.25. The molecule has 82 valence electrons. The first-order valence-electron chi connectivity index (χ1n) is 5.47. The standard InChI is InChI=1S/C11H23NOSi/c1-10(2,3)14-13-11(4,5)9-6-7-12-8-9/h9,12H,6-8H2,1-5H3. The molecule has 1 rings (SSSR count). The fourth-order valence-corrected chi connectivity index (χ4v) is 2.35. The summed E-state index contributed by atoms with van der Waals surface area (Å²) < 4.78 is 6.07. The number of hydrogen-bond acceptors (Lipinski definition) is 1. The van der Waals surface area contributed by atoms with Gasteiger partial charge in [0, 0.05) is 20.4 Å². The first-order valence-corrected chi connectivity index (χ1v) is 6.38. The van der Waals surface area contributed by atoms with Crippen LogP contribution in [0.25, 0.3) is 0 Å². The molecule has 1 aliphatic rings. The summed E-state index contributed by atoms with van der Waals surface area (Å²) in [6.45, 7) is 13.4. The third-order valence-corrected chi connectivity index (χ3v) is 3.90. The lowest BCUT2D eigenvalue weighted by Crippen LogP contribution is -2.34. The Morgan fingerprint density at radius 1 is 1.21 bits per heavy atom. The Hall–Kier alpha value is -0.0231. The Balaban J connectivity index is 2.60. The van der Waals surface area contributed by atoms with Crippen LogP contribution >= 0.6 is 0 Å². The largest absolute Gasteiger partial charge is 0.556 e. The van der Waals surface area contributed by atoms with E-state index in [9.17, 15) is 0 Å². The maximum absolute atomic E-state index is 6.07. The molecule has 0 aromatic heterocycles. The summed E-state index contributed by atoms with van der Waals surface area (Å²) in [5.74, 6) is 0.678. The van der Waals surface area contributed by atoms with Gasteiger partial charge in [0.25, 0.3) is 0 Å². The predicted molar refractivity (Wildman–Crippen MR) is 61.2 cm³/mol. The van der Waals surface area contributed by atoms with Crippen LogP contribution in [0.2, 0.25) is 5.04 Å². The minimum Gasteiger partial charge on any atom is -0.556 e. The highest BCUT2D eigenvalue weighted by atomic mass is 28.2. The van der Waals surface area contributed by atoms with Crippen LogP contribution in [0.4, 0.5) is 0 Å². The maximum atomic E-state index is 6.07. The molecule has 1 fully saturated rings. The second kappa shape index (κ2) is 4.23. The van der Waals surface area contributed by atoms with Gasteiger partial charge in [0.15, 0.2) is 0 Å². The van der Waals surface area contributed by atoms with Crippen molar-refractivity contribution in [2.75, 3.05) is 13.1 Å². The molecule has 1 saturated heterocycles. The summed E-state index contributed by atoms with van der Waals surface area (Å²) in [6, 6.07) is 0. The average molecular weight is 213 g/mol. The highest BCUT2D eigenvalue weighted by molar-refractivity contribution is 6.22. The molecule has 0 bridgehead atoms. The molecule has 0 saturated carbocycles. The molecule has 0 radical (unpaired) electrons. The SMILES string of the molecule is CC(C)(C)[Si-]=[O+]C(C)(C)C1CCNC1. The van der Waals surface area contributed by atoms with E-state index in [1.807, 2.05) is 0 Å². The van der Waals surface area contributed by atoms with Crippen molar-refractivity contribution < 1.29 is 4.09 Å². The molecule has 2 nitrogen and oxygen atoms in total. The Morgan fingerprint density at radius 2 is 1.86 bits per heavy atom. The second-order valence-electron chi connectivity index (χ2n) is 5.75. The predicted octanol–water partition coefficient (Wildman–Crippen LogP) is 2.18. The molecule has 3 heteroatoms. The Labute approximate surface area is 90.1 Å². The topological polar surface area (TPSA) is 23.3 Å². The third-order valence-electron chi connectivity index (χ3n) is 2.66. The van der Waals surface area contributed by atoms with Gasteiger partial charge in [-0.25, -0.2) is 0 Å². The zero-order valence-corrected chi connectivity index (χ0v) is 11.1. The zero-order chi connectivity index (χ0) is 10.8. The van der Waals surface area contributed by atoms with E-state index >= 15 is 0 Å². The highest BCUT2D eigenvalue weighted by Gasteiger charge is 2.36. The molecule has 0 amide bonds. The van der Waals surface area contributed by atoms with Crippen LogP contribution in [-0.4, -0.2) is 28.1 Å². The average Bonchev–Trinajstić information content (AvgIpc) is 2.52. The van der Waals surface area contributed by atoms with Crippen molar-refractivity contribution in [1.29, 1.82) is 0 Å².